The number of nitrogens with two attached hydrogens (primary N) is 1. The number of anilines is 2. The molecule has 0 aliphatic carbocycles. The van der Waals surface area contributed by atoms with E-state index in [1.54, 1.807) is 19.0 Å². The Morgan fingerprint density at radius 3 is 2.84 bits per heavy atom. The van der Waals surface area contributed by atoms with E-state index in [-0.39, 0.29) is 17.0 Å². The molecule has 1 aliphatic heterocycles. The average Bonchev–Trinajstić information content (AvgIpc) is 2.81. The lowest BCUT2D eigenvalue weighted by atomic mass is 10.1. The minimum Gasteiger partial charge on any atom is -0.397 e. The molecule has 1 unspecified atom stereocenters. The molecule has 6 heteroatoms. The van der Waals surface area contributed by atoms with Gasteiger partial charge in [-0.3, -0.25) is 4.79 Å². The monoisotopic (exact) mass is 285 g/mol. The summed E-state index contributed by atoms with van der Waals surface area (Å²) in [5, 5.41) is -0.00377. The molecule has 1 atom stereocenters. The molecular formula is C13H17ClFN3O. The second kappa shape index (κ2) is 5.25. The van der Waals surface area contributed by atoms with E-state index < -0.39 is 5.82 Å². The molecule has 1 heterocycles. The van der Waals surface area contributed by atoms with Crippen molar-refractivity contribution in [2.24, 2.45) is 0 Å². The van der Waals surface area contributed by atoms with Crippen LogP contribution in [0.5, 0.6) is 0 Å². The van der Waals surface area contributed by atoms with Crippen molar-refractivity contribution in [2.45, 2.75) is 18.9 Å². The van der Waals surface area contributed by atoms with Gasteiger partial charge in [-0.05, 0) is 18.9 Å². The summed E-state index contributed by atoms with van der Waals surface area (Å²) in [5.74, 6) is -0.513. The van der Waals surface area contributed by atoms with Crippen molar-refractivity contribution >= 4 is 28.9 Å². The summed E-state index contributed by atoms with van der Waals surface area (Å²) in [6.07, 6.45) is 1.63. The van der Waals surface area contributed by atoms with E-state index in [0.29, 0.717) is 17.9 Å². The molecular weight excluding hydrogens is 269 g/mol. The summed E-state index contributed by atoms with van der Waals surface area (Å²) in [4.78, 5) is 15.5. The molecule has 104 valence electrons. The second-order valence-corrected chi connectivity index (χ2v) is 5.32. The van der Waals surface area contributed by atoms with Gasteiger partial charge in [0.15, 0.2) is 0 Å². The number of amides is 1. The fourth-order valence-electron chi connectivity index (χ4n) is 2.41. The predicted molar refractivity (Wildman–Crippen MR) is 74.9 cm³/mol. The average molecular weight is 286 g/mol. The van der Waals surface area contributed by atoms with Gasteiger partial charge in [-0.1, -0.05) is 11.6 Å². The van der Waals surface area contributed by atoms with Crippen LogP contribution in [0.4, 0.5) is 15.8 Å². The number of benzene rings is 1. The number of likely N-dealkylation sites (N-methyl/N-ethyl adjacent to an activating group) is 1. The van der Waals surface area contributed by atoms with Gasteiger partial charge in [-0.15, -0.1) is 0 Å². The molecule has 1 aromatic rings. The molecule has 19 heavy (non-hydrogen) atoms. The summed E-state index contributed by atoms with van der Waals surface area (Å²) in [5.41, 5.74) is 6.83. The minimum absolute atomic E-state index is 0.00377. The molecule has 1 amide bonds. The zero-order valence-electron chi connectivity index (χ0n) is 11.0. The number of rotatable bonds is 2. The normalized spacial score (nSPS) is 18.7. The number of carbonyl (C=O) groups is 1. The van der Waals surface area contributed by atoms with Crippen molar-refractivity contribution in [3.8, 4) is 0 Å². The van der Waals surface area contributed by atoms with Gasteiger partial charge < -0.3 is 15.5 Å². The predicted octanol–water partition coefficient (Wildman–Crippen LogP) is 2.12. The van der Waals surface area contributed by atoms with Crippen molar-refractivity contribution < 1.29 is 9.18 Å². The molecule has 2 N–H and O–H groups in total. The molecule has 1 saturated heterocycles. The quantitative estimate of drug-likeness (QED) is 0.847. The van der Waals surface area contributed by atoms with Crippen molar-refractivity contribution in [1.29, 1.82) is 0 Å². The Hall–Kier alpha value is -1.49. The van der Waals surface area contributed by atoms with Gasteiger partial charge >= 0.3 is 0 Å². The molecule has 0 bridgehead atoms. The number of halogens is 2. The van der Waals surface area contributed by atoms with Crippen LogP contribution in [0.3, 0.4) is 0 Å². The molecule has 4 nitrogen and oxygen atoms in total. The highest BCUT2D eigenvalue weighted by Crippen LogP contribution is 2.34. The number of carbonyl (C=O) groups excluding carboxylic acids is 1. The Morgan fingerprint density at radius 2 is 2.21 bits per heavy atom. The van der Waals surface area contributed by atoms with Crippen LogP contribution in [0.2, 0.25) is 5.02 Å². The zero-order chi connectivity index (χ0) is 14.2. The summed E-state index contributed by atoms with van der Waals surface area (Å²) in [6, 6.07) is 2.42. The molecule has 2 rings (SSSR count). The number of hydrogen-bond acceptors (Lipinski definition) is 3. The maximum Gasteiger partial charge on any atom is 0.244 e. The molecule has 1 aliphatic rings. The SMILES string of the molecule is CN(C)C(=O)C1CCCN1c1cc(F)c(Cl)cc1N. The van der Waals surface area contributed by atoms with Crippen LogP contribution in [0, 0.1) is 5.82 Å². The van der Waals surface area contributed by atoms with Gasteiger partial charge in [0, 0.05) is 26.7 Å². The Balaban J connectivity index is 2.35. The van der Waals surface area contributed by atoms with Crippen LogP contribution in [-0.2, 0) is 4.79 Å². The maximum absolute atomic E-state index is 13.6. The lowest BCUT2D eigenvalue weighted by Crippen LogP contribution is -2.43. The molecule has 0 radical (unpaired) electrons. The van der Waals surface area contributed by atoms with Gasteiger partial charge in [0.05, 0.1) is 16.4 Å². The fraction of sp³-hybridized carbons (Fsp3) is 0.462. The minimum atomic E-state index is -0.520. The topological polar surface area (TPSA) is 49.6 Å². The van der Waals surface area contributed by atoms with E-state index >= 15 is 0 Å². The van der Waals surface area contributed by atoms with Crippen LogP contribution >= 0.6 is 11.6 Å². The third-order valence-corrected chi connectivity index (χ3v) is 3.65. The Bertz CT molecular complexity index is 507. The zero-order valence-corrected chi connectivity index (χ0v) is 11.7. The number of nitrogen functional groups attached to an aromatic ring is 1. The van der Waals surface area contributed by atoms with Gasteiger partial charge in [0.1, 0.15) is 11.9 Å². The number of nitrogens with zero attached hydrogens (tertiary/aromatic N) is 2. The van der Waals surface area contributed by atoms with Gasteiger partial charge in [0.25, 0.3) is 0 Å². The summed E-state index contributed by atoms with van der Waals surface area (Å²) in [7, 11) is 3.43. The van der Waals surface area contributed by atoms with Crippen LogP contribution in [0.25, 0.3) is 0 Å². The van der Waals surface area contributed by atoms with E-state index in [9.17, 15) is 9.18 Å². The maximum atomic E-state index is 13.6. The lowest BCUT2D eigenvalue weighted by molar-refractivity contribution is -0.129. The Labute approximate surface area is 116 Å². The first-order valence-electron chi connectivity index (χ1n) is 6.14. The first-order valence-corrected chi connectivity index (χ1v) is 6.52. The van der Waals surface area contributed by atoms with Gasteiger partial charge in [-0.2, -0.15) is 0 Å². The molecule has 1 fully saturated rings. The summed E-state index contributed by atoms with van der Waals surface area (Å²) >= 11 is 5.69. The highest BCUT2D eigenvalue weighted by molar-refractivity contribution is 6.31. The highest BCUT2D eigenvalue weighted by Gasteiger charge is 2.33. The fourth-order valence-corrected chi connectivity index (χ4v) is 2.58. The Kier molecular flexibility index (Phi) is 3.85. The van der Waals surface area contributed by atoms with Gasteiger partial charge in [0.2, 0.25) is 5.91 Å². The smallest absolute Gasteiger partial charge is 0.244 e. The van der Waals surface area contributed by atoms with E-state index in [2.05, 4.69) is 0 Å². The molecule has 1 aromatic carbocycles. The van der Waals surface area contributed by atoms with E-state index in [1.165, 1.54) is 12.1 Å². The van der Waals surface area contributed by atoms with Gasteiger partial charge in [-0.25, -0.2) is 4.39 Å². The van der Waals surface area contributed by atoms with Crippen molar-refractivity contribution in [3.63, 3.8) is 0 Å². The molecule has 0 spiro atoms. The first kappa shape index (κ1) is 13.9. The van der Waals surface area contributed by atoms with E-state index in [4.69, 9.17) is 17.3 Å². The standard InChI is InChI=1S/C13H17ClFN3O/c1-17(2)13(19)11-4-3-5-18(11)12-7-9(15)8(14)6-10(12)16/h6-7,11H,3-5,16H2,1-2H3. The van der Waals surface area contributed by atoms with E-state index in [0.717, 1.165) is 12.8 Å². The third kappa shape index (κ3) is 2.61. The molecule has 0 aromatic heterocycles. The number of hydrogen-bond donors (Lipinski definition) is 1. The summed E-state index contributed by atoms with van der Waals surface area (Å²) in [6.45, 7) is 0.690. The van der Waals surface area contributed by atoms with Crippen LogP contribution in [0.15, 0.2) is 12.1 Å². The van der Waals surface area contributed by atoms with Crippen molar-refractivity contribution in [3.05, 3.63) is 23.0 Å². The highest BCUT2D eigenvalue weighted by atomic mass is 35.5. The van der Waals surface area contributed by atoms with Crippen molar-refractivity contribution in [1.82, 2.24) is 4.90 Å². The lowest BCUT2D eigenvalue weighted by Gasteiger charge is -2.29. The van der Waals surface area contributed by atoms with E-state index in [1.807, 2.05) is 4.90 Å². The van der Waals surface area contributed by atoms with Crippen LogP contribution in [0.1, 0.15) is 12.8 Å². The summed E-state index contributed by atoms with van der Waals surface area (Å²) < 4.78 is 13.6. The van der Waals surface area contributed by atoms with Crippen molar-refractivity contribution in [2.75, 3.05) is 31.3 Å². The Morgan fingerprint density at radius 1 is 1.53 bits per heavy atom. The largest absolute Gasteiger partial charge is 0.397 e. The third-order valence-electron chi connectivity index (χ3n) is 3.36. The van der Waals surface area contributed by atoms with Crippen LogP contribution in [-0.4, -0.2) is 37.5 Å². The second-order valence-electron chi connectivity index (χ2n) is 4.91. The molecule has 0 saturated carbocycles. The first-order chi connectivity index (χ1) is 8.91. The van der Waals surface area contributed by atoms with Crippen LogP contribution < -0.4 is 10.6 Å².